The molecule has 0 unspecified atom stereocenters. The lowest BCUT2D eigenvalue weighted by Gasteiger charge is -2.33. The fourth-order valence-electron chi connectivity index (χ4n) is 4.01. The van der Waals surface area contributed by atoms with Crippen molar-refractivity contribution in [1.82, 2.24) is 10.2 Å². The predicted molar refractivity (Wildman–Crippen MR) is 148 cm³/mol. The zero-order valence-corrected chi connectivity index (χ0v) is 23.2. The molecule has 0 bridgehead atoms. The molecule has 0 spiro atoms. The molecular formula is C28H30ClF2N3O4S. The molecule has 0 saturated carbocycles. The van der Waals surface area contributed by atoms with Crippen LogP contribution in [0.25, 0.3) is 0 Å². The molecule has 1 N–H and O–H groups in total. The van der Waals surface area contributed by atoms with Crippen LogP contribution >= 0.6 is 11.6 Å². The van der Waals surface area contributed by atoms with Crippen LogP contribution in [0.5, 0.6) is 0 Å². The Balaban J connectivity index is 2.05. The van der Waals surface area contributed by atoms with E-state index in [0.29, 0.717) is 33.9 Å². The number of halogens is 3. The first-order valence-electron chi connectivity index (χ1n) is 12.3. The number of nitrogens with one attached hydrogen (secondary N) is 1. The minimum absolute atomic E-state index is 0.0498. The first-order valence-corrected chi connectivity index (χ1v) is 14.5. The summed E-state index contributed by atoms with van der Waals surface area (Å²) < 4.78 is 53.6. The average molecular weight is 578 g/mol. The summed E-state index contributed by atoms with van der Waals surface area (Å²) in [5, 5.41) is 3.26. The highest BCUT2D eigenvalue weighted by atomic mass is 35.5. The maximum atomic E-state index is 14.0. The lowest BCUT2D eigenvalue weighted by atomic mass is 10.0. The van der Waals surface area contributed by atoms with Gasteiger partial charge in [-0.25, -0.2) is 17.2 Å². The summed E-state index contributed by atoms with van der Waals surface area (Å²) in [6, 6.07) is 17.4. The molecule has 3 aromatic rings. The van der Waals surface area contributed by atoms with Crippen molar-refractivity contribution < 1.29 is 26.8 Å². The van der Waals surface area contributed by atoms with Gasteiger partial charge >= 0.3 is 0 Å². The number of carbonyl (C=O) groups is 2. The van der Waals surface area contributed by atoms with Crippen molar-refractivity contribution in [3.8, 4) is 0 Å². The number of benzene rings is 3. The van der Waals surface area contributed by atoms with Crippen molar-refractivity contribution in [2.24, 2.45) is 0 Å². The van der Waals surface area contributed by atoms with Gasteiger partial charge in [0.1, 0.15) is 12.6 Å². The van der Waals surface area contributed by atoms with E-state index in [1.807, 2.05) is 37.3 Å². The summed E-state index contributed by atoms with van der Waals surface area (Å²) >= 11 is 6.16. The van der Waals surface area contributed by atoms with Crippen molar-refractivity contribution in [3.63, 3.8) is 0 Å². The predicted octanol–water partition coefficient (Wildman–Crippen LogP) is 4.55. The molecule has 7 nitrogen and oxygen atoms in total. The van der Waals surface area contributed by atoms with Gasteiger partial charge in [0.05, 0.1) is 11.9 Å². The molecule has 39 heavy (non-hydrogen) atoms. The number of sulfonamides is 1. The third-order valence-electron chi connectivity index (χ3n) is 5.93. The summed E-state index contributed by atoms with van der Waals surface area (Å²) in [6.45, 7) is 1.49. The monoisotopic (exact) mass is 577 g/mol. The van der Waals surface area contributed by atoms with Gasteiger partial charge in [-0.1, -0.05) is 61.0 Å². The summed E-state index contributed by atoms with van der Waals surface area (Å²) in [5.74, 6) is -3.53. The van der Waals surface area contributed by atoms with Gasteiger partial charge in [0, 0.05) is 30.6 Å². The summed E-state index contributed by atoms with van der Waals surface area (Å²) in [4.78, 5) is 28.5. The molecule has 1 atom stereocenters. The molecule has 0 heterocycles. The first kappa shape index (κ1) is 30.0. The van der Waals surface area contributed by atoms with Crippen molar-refractivity contribution in [2.75, 3.05) is 23.7 Å². The number of anilines is 1. The molecular weight excluding hydrogens is 548 g/mol. The Kier molecular flexibility index (Phi) is 10.4. The van der Waals surface area contributed by atoms with Gasteiger partial charge in [-0.2, -0.15) is 0 Å². The molecule has 0 aliphatic carbocycles. The molecule has 208 valence electrons. The van der Waals surface area contributed by atoms with Gasteiger partial charge in [0.15, 0.2) is 11.6 Å². The van der Waals surface area contributed by atoms with Crippen molar-refractivity contribution in [1.29, 1.82) is 0 Å². The van der Waals surface area contributed by atoms with E-state index in [0.717, 1.165) is 24.0 Å². The lowest BCUT2D eigenvalue weighted by molar-refractivity contribution is -0.140. The molecule has 0 aromatic heterocycles. The fraction of sp³-hybridized carbons (Fsp3) is 0.286. The number of nitrogens with zero attached hydrogens (tertiary/aromatic N) is 2. The summed E-state index contributed by atoms with van der Waals surface area (Å²) in [6.07, 6.45) is 1.69. The minimum atomic E-state index is -4.10. The van der Waals surface area contributed by atoms with Gasteiger partial charge in [-0.3, -0.25) is 13.9 Å². The first-order chi connectivity index (χ1) is 18.5. The van der Waals surface area contributed by atoms with E-state index in [9.17, 15) is 26.8 Å². The SMILES string of the molecule is CCCNC(=O)[C@H](Cc1ccccc1)N(Cc1cccc(Cl)c1)C(=O)CN(c1ccc(F)c(F)c1)S(C)(=O)=O. The maximum absolute atomic E-state index is 14.0. The van der Waals surface area contributed by atoms with E-state index in [1.54, 1.807) is 24.3 Å². The van der Waals surface area contributed by atoms with Crippen LogP contribution in [-0.2, 0) is 32.6 Å². The highest BCUT2D eigenvalue weighted by Crippen LogP contribution is 2.23. The van der Waals surface area contributed by atoms with Gasteiger partial charge < -0.3 is 10.2 Å². The Labute approximate surface area is 232 Å². The highest BCUT2D eigenvalue weighted by molar-refractivity contribution is 7.92. The van der Waals surface area contributed by atoms with Crippen molar-refractivity contribution in [3.05, 3.63) is 101 Å². The van der Waals surface area contributed by atoms with Crippen LogP contribution in [-0.4, -0.2) is 50.5 Å². The minimum Gasteiger partial charge on any atom is -0.354 e. The Morgan fingerprint density at radius 1 is 0.949 bits per heavy atom. The quantitative estimate of drug-likeness (QED) is 0.342. The van der Waals surface area contributed by atoms with E-state index < -0.39 is 46.1 Å². The van der Waals surface area contributed by atoms with E-state index in [4.69, 9.17) is 11.6 Å². The molecule has 3 rings (SSSR count). The van der Waals surface area contributed by atoms with Crippen molar-refractivity contribution in [2.45, 2.75) is 32.4 Å². The molecule has 0 fully saturated rings. The van der Waals surface area contributed by atoms with Crippen LogP contribution in [0.3, 0.4) is 0 Å². The van der Waals surface area contributed by atoms with Gasteiger partial charge in [-0.15, -0.1) is 0 Å². The van der Waals surface area contributed by atoms with Crippen LogP contribution in [0.1, 0.15) is 24.5 Å². The normalized spacial score (nSPS) is 12.0. The molecule has 2 amide bonds. The summed E-state index contributed by atoms with van der Waals surface area (Å²) in [7, 11) is -4.10. The molecule has 0 saturated heterocycles. The number of rotatable bonds is 12. The zero-order valence-electron chi connectivity index (χ0n) is 21.6. The van der Waals surface area contributed by atoms with Crippen LogP contribution in [0.2, 0.25) is 5.02 Å². The van der Waals surface area contributed by atoms with Crippen LogP contribution in [0.4, 0.5) is 14.5 Å². The molecule has 0 aliphatic rings. The van der Waals surface area contributed by atoms with Gasteiger partial charge in [0.25, 0.3) is 0 Å². The molecule has 3 aromatic carbocycles. The van der Waals surface area contributed by atoms with E-state index in [2.05, 4.69) is 5.32 Å². The maximum Gasteiger partial charge on any atom is 0.244 e. The average Bonchev–Trinajstić information content (AvgIpc) is 2.89. The second-order valence-electron chi connectivity index (χ2n) is 9.02. The van der Waals surface area contributed by atoms with Crippen molar-refractivity contribution >= 4 is 39.1 Å². The largest absolute Gasteiger partial charge is 0.354 e. The number of carbonyl (C=O) groups excluding carboxylic acids is 2. The second-order valence-corrected chi connectivity index (χ2v) is 11.4. The Morgan fingerprint density at radius 3 is 2.26 bits per heavy atom. The molecule has 0 radical (unpaired) electrons. The molecule has 11 heteroatoms. The van der Waals surface area contributed by atoms with E-state index in [-0.39, 0.29) is 18.7 Å². The van der Waals surface area contributed by atoms with E-state index >= 15 is 0 Å². The Morgan fingerprint density at radius 2 is 1.64 bits per heavy atom. The van der Waals surface area contributed by atoms with Crippen LogP contribution in [0, 0.1) is 11.6 Å². The van der Waals surface area contributed by atoms with E-state index in [1.165, 1.54) is 4.90 Å². The van der Waals surface area contributed by atoms with Crippen LogP contribution in [0.15, 0.2) is 72.8 Å². The third-order valence-corrected chi connectivity index (χ3v) is 7.31. The smallest absolute Gasteiger partial charge is 0.244 e. The topological polar surface area (TPSA) is 86.8 Å². The third kappa shape index (κ3) is 8.49. The lowest BCUT2D eigenvalue weighted by Crippen LogP contribution is -2.53. The number of amides is 2. The molecule has 0 aliphatic heterocycles. The highest BCUT2D eigenvalue weighted by Gasteiger charge is 2.33. The Bertz CT molecular complexity index is 1410. The fourth-order valence-corrected chi connectivity index (χ4v) is 5.06. The zero-order chi connectivity index (χ0) is 28.6. The Hall–Kier alpha value is -3.50. The summed E-state index contributed by atoms with van der Waals surface area (Å²) in [5.41, 5.74) is 1.19. The second kappa shape index (κ2) is 13.5. The van der Waals surface area contributed by atoms with Crippen LogP contribution < -0.4 is 9.62 Å². The van der Waals surface area contributed by atoms with Gasteiger partial charge in [0.2, 0.25) is 21.8 Å². The van der Waals surface area contributed by atoms with Gasteiger partial charge in [-0.05, 0) is 41.8 Å². The number of hydrogen-bond acceptors (Lipinski definition) is 4. The standard InChI is InChI=1S/C28H30ClF2N3O4S/c1-3-14-32-28(36)26(16-20-8-5-4-6-9-20)33(18-21-10-7-11-22(29)15-21)27(35)19-34(39(2,37)38)23-12-13-24(30)25(31)17-23/h4-13,15,17,26H,3,14,16,18-19H2,1-2H3,(H,32,36)/t26-/m0/s1. The number of hydrogen-bond donors (Lipinski definition) is 1.